The minimum absolute atomic E-state index is 0.104. The molecule has 1 fully saturated rings. The van der Waals surface area contributed by atoms with Gasteiger partial charge in [-0.05, 0) is 56.0 Å². The number of carbonyl (C=O) groups is 1. The van der Waals surface area contributed by atoms with E-state index in [0.29, 0.717) is 5.56 Å². The van der Waals surface area contributed by atoms with Crippen molar-refractivity contribution in [3.63, 3.8) is 0 Å². The van der Waals surface area contributed by atoms with E-state index in [1.165, 1.54) is 18.5 Å². The van der Waals surface area contributed by atoms with E-state index in [1.54, 1.807) is 0 Å². The molecule has 1 aromatic carbocycles. The summed E-state index contributed by atoms with van der Waals surface area (Å²) in [4.78, 5) is 14.6. The smallest absolute Gasteiger partial charge is 0.255 e. The van der Waals surface area contributed by atoms with Crippen LogP contribution in [0.2, 0.25) is 0 Å². The van der Waals surface area contributed by atoms with Gasteiger partial charge >= 0.3 is 0 Å². The molecule has 1 aromatic rings. The summed E-state index contributed by atoms with van der Waals surface area (Å²) in [6.07, 6.45) is 8.16. The van der Waals surface area contributed by atoms with Crippen LogP contribution in [0.1, 0.15) is 36.0 Å². The molecule has 1 aliphatic heterocycles. The fraction of sp³-hybridized carbons (Fsp3) is 0.353. The van der Waals surface area contributed by atoms with Crippen molar-refractivity contribution in [1.82, 2.24) is 5.32 Å². The van der Waals surface area contributed by atoms with Gasteiger partial charge in [-0.2, -0.15) is 0 Å². The third-order valence-electron chi connectivity index (χ3n) is 4.06. The van der Waals surface area contributed by atoms with Crippen LogP contribution in [0.15, 0.2) is 47.8 Å². The lowest BCUT2D eigenvalue weighted by atomic mass is 10.1. The number of nitrogens with one attached hydrogen (secondary N) is 1. The summed E-state index contributed by atoms with van der Waals surface area (Å²) in [6.45, 7) is 2.22. The maximum absolute atomic E-state index is 12.2. The summed E-state index contributed by atoms with van der Waals surface area (Å²) in [7, 11) is 0. The first kappa shape index (κ1) is 13.7. The Hall–Kier alpha value is -2.23. The van der Waals surface area contributed by atoms with Gasteiger partial charge in [0.1, 0.15) is 0 Å². The minimum Gasteiger partial charge on any atom is -0.400 e. The van der Waals surface area contributed by atoms with Crippen molar-refractivity contribution >= 4 is 11.6 Å². The number of allylic oxidation sites excluding steroid dienone is 3. The monoisotopic (exact) mass is 283 g/mol. The highest BCUT2D eigenvalue weighted by atomic mass is 16.1. The molecule has 2 aliphatic rings. The number of hydrogen-bond donors (Lipinski definition) is 2. The Bertz CT molecular complexity index is 581. The molecule has 0 saturated carbocycles. The van der Waals surface area contributed by atoms with Gasteiger partial charge in [0.2, 0.25) is 0 Å². The van der Waals surface area contributed by atoms with E-state index < -0.39 is 0 Å². The molecule has 110 valence electrons. The van der Waals surface area contributed by atoms with Gasteiger partial charge in [0.15, 0.2) is 0 Å². The SMILES string of the molecule is NC1=C(NC(=O)c2ccc(N3CCCC3)cc2)C=CCC1. The van der Waals surface area contributed by atoms with E-state index in [4.69, 9.17) is 5.73 Å². The minimum atomic E-state index is -0.104. The van der Waals surface area contributed by atoms with E-state index in [1.807, 2.05) is 36.4 Å². The lowest BCUT2D eigenvalue weighted by molar-refractivity contribution is 0.0966. The Morgan fingerprint density at radius 1 is 1.14 bits per heavy atom. The van der Waals surface area contributed by atoms with Crippen LogP contribution in [0.3, 0.4) is 0 Å². The van der Waals surface area contributed by atoms with Crippen LogP contribution in [0.25, 0.3) is 0 Å². The van der Waals surface area contributed by atoms with E-state index in [0.717, 1.165) is 37.3 Å². The van der Waals surface area contributed by atoms with E-state index >= 15 is 0 Å². The molecule has 0 radical (unpaired) electrons. The van der Waals surface area contributed by atoms with E-state index in [2.05, 4.69) is 10.2 Å². The Morgan fingerprint density at radius 2 is 1.86 bits per heavy atom. The first-order chi connectivity index (χ1) is 10.2. The summed E-state index contributed by atoms with van der Waals surface area (Å²) < 4.78 is 0. The normalized spacial score (nSPS) is 18.2. The Balaban J connectivity index is 1.69. The molecular formula is C17H21N3O. The van der Waals surface area contributed by atoms with Gasteiger partial charge in [0, 0.05) is 30.0 Å². The molecule has 1 amide bonds. The summed E-state index contributed by atoms with van der Waals surface area (Å²) >= 11 is 0. The molecule has 1 aliphatic carbocycles. The molecule has 21 heavy (non-hydrogen) atoms. The van der Waals surface area contributed by atoms with Crippen LogP contribution in [-0.2, 0) is 0 Å². The van der Waals surface area contributed by atoms with Crippen molar-refractivity contribution in [2.24, 2.45) is 5.73 Å². The summed E-state index contributed by atoms with van der Waals surface area (Å²) in [6, 6.07) is 7.81. The predicted molar refractivity (Wildman–Crippen MR) is 84.9 cm³/mol. The number of rotatable bonds is 3. The number of benzene rings is 1. The number of carbonyl (C=O) groups excluding carboxylic acids is 1. The second-order valence-corrected chi connectivity index (χ2v) is 5.58. The maximum Gasteiger partial charge on any atom is 0.255 e. The molecule has 0 spiro atoms. The maximum atomic E-state index is 12.2. The number of nitrogens with zero attached hydrogens (tertiary/aromatic N) is 1. The summed E-state index contributed by atoms with van der Waals surface area (Å²) in [5.74, 6) is -0.104. The molecule has 1 saturated heterocycles. The van der Waals surface area contributed by atoms with Crippen LogP contribution in [0.4, 0.5) is 5.69 Å². The highest BCUT2D eigenvalue weighted by molar-refractivity contribution is 5.96. The van der Waals surface area contributed by atoms with Crippen molar-refractivity contribution in [2.75, 3.05) is 18.0 Å². The van der Waals surface area contributed by atoms with Crippen molar-refractivity contribution in [2.45, 2.75) is 25.7 Å². The zero-order valence-corrected chi connectivity index (χ0v) is 12.1. The number of amides is 1. The fourth-order valence-corrected chi connectivity index (χ4v) is 2.80. The van der Waals surface area contributed by atoms with Gasteiger partial charge in [-0.1, -0.05) is 6.08 Å². The van der Waals surface area contributed by atoms with E-state index in [-0.39, 0.29) is 5.91 Å². The van der Waals surface area contributed by atoms with Gasteiger partial charge in [-0.25, -0.2) is 0 Å². The molecule has 3 rings (SSSR count). The van der Waals surface area contributed by atoms with Crippen LogP contribution < -0.4 is 16.0 Å². The van der Waals surface area contributed by atoms with Gasteiger partial charge in [-0.3, -0.25) is 4.79 Å². The standard InChI is InChI=1S/C17H21N3O/c18-15-5-1-2-6-16(15)19-17(21)13-7-9-14(10-8-13)20-11-3-4-12-20/h2,6-10H,1,3-5,11-12,18H2,(H,19,21). The number of nitrogens with two attached hydrogens (primary N) is 1. The third kappa shape index (κ3) is 3.10. The summed E-state index contributed by atoms with van der Waals surface area (Å²) in [5, 5.41) is 2.89. The van der Waals surface area contributed by atoms with Crippen molar-refractivity contribution in [1.29, 1.82) is 0 Å². The van der Waals surface area contributed by atoms with Crippen LogP contribution in [0.5, 0.6) is 0 Å². The molecule has 0 unspecified atom stereocenters. The first-order valence-corrected chi connectivity index (χ1v) is 7.55. The second kappa shape index (κ2) is 6.04. The zero-order valence-electron chi connectivity index (χ0n) is 12.1. The molecule has 3 N–H and O–H groups in total. The van der Waals surface area contributed by atoms with Gasteiger partial charge in [0.25, 0.3) is 5.91 Å². The highest BCUT2D eigenvalue weighted by Crippen LogP contribution is 2.20. The summed E-state index contributed by atoms with van der Waals surface area (Å²) in [5.41, 5.74) is 9.26. The van der Waals surface area contributed by atoms with Crippen LogP contribution in [-0.4, -0.2) is 19.0 Å². The van der Waals surface area contributed by atoms with Crippen LogP contribution >= 0.6 is 0 Å². The molecule has 0 aromatic heterocycles. The molecule has 0 bridgehead atoms. The number of anilines is 1. The van der Waals surface area contributed by atoms with Gasteiger partial charge < -0.3 is 16.0 Å². The Morgan fingerprint density at radius 3 is 2.52 bits per heavy atom. The van der Waals surface area contributed by atoms with Crippen LogP contribution in [0, 0.1) is 0 Å². The quantitative estimate of drug-likeness (QED) is 0.896. The Labute approximate surface area is 125 Å². The first-order valence-electron chi connectivity index (χ1n) is 7.55. The molecule has 1 heterocycles. The third-order valence-corrected chi connectivity index (χ3v) is 4.06. The lowest BCUT2D eigenvalue weighted by Crippen LogP contribution is -2.26. The van der Waals surface area contributed by atoms with Crippen molar-refractivity contribution < 1.29 is 4.79 Å². The molecule has 4 nitrogen and oxygen atoms in total. The Kier molecular flexibility index (Phi) is 3.95. The zero-order chi connectivity index (χ0) is 14.7. The fourth-order valence-electron chi connectivity index (χ4n) is 2.80. The highest BCUT2D eigenvalue weighted by Gasteiger charge is 2.14. The predicted octanol–water partition coefficient (Wildman–Crippen LogP) is 2.54. The average Bonchev–Trinajstić information content (AvgIpc) is 3.04. The molecular weight excluding hydrogens is 262 g/mol. The molecule has 0 atom stereocenters. The average molecular weight is 283 g/mol. The van der Waals surface area contributed by atoms with Gasteiger partial charge in [0.05, 0.1) is 5.70 Å². The van der Waals surface area contributed by atoms with Gasteiger partial charge in [-0.15, -0.1) is 0 Å². The lowest BCUT2D eigenvalue weighted by Gasteiger charge is -2.18. The van der Waals surface area contributed by atoms with Crippen molar-refractivity contribution in [3.05, 3.63) is 53.4 Å². The topological polar surface area (TPSA) is 58.4 Å². The molecule has 4 heteroatoms. The van der Waals surface area contributed by atoms with E-state index in [9.17, 15) is 4.79 Å². The van der Waals surface area contributed by atoms with Crippen molar-refractivity contribution in [3.8, 4) is 0 Å². The largest absolute Gasteiger partial charge is 0.400 e. The second-order valence-electron chi connectivity index (χ2n) is 5.58. The number of hydrogen-bond acceptors (Lipinski definition) is 3.